The minimum absolute atomic E-state index is 0.252. The van der Waals surface area contributed by atoms with E-state index in [9.17, 15) is 9.50 Å². The Morgan fingerprint density at radius 3 is 2.73 bits per heavy atom. The minimum Gasteiger partial charge on any atom is -0.384 e. The molecule has 2 N–H and O–H groups in total. The summed E-state index contributed by atoms with van der Waals surface area (Å²) in [6.45, 7) is 4.14. The Kier molecular flexibility index (Phi) is 4.34. The maximum absolute atomic E-state index is 13.2. The fourth-order valence-electron chi connectivity index (χ4n) is 3.86. The van der Waals surface area contributed by atoms with Gasteiger partial charge in [-0.1, -0.05) is 24.3 Å². The summed E-state index contributed by atoms with van der Waals surface area (Å²) in [7, 11) is 0. The lowest BCUT2D eigenvalue weighted by atomic mass is 9.89. The number of likely N-dealkylation sites (tertiary alicyclic amines) is 1. The molecule has 1 aliphatic rings. The first kappa shape index (κ1) is 16.9. The average molecular weight is 351 g/mol. The Morgan fingerprint density at radius 2 is 1.96 bits per heavy atom. The van der Waals surface area contributed by atoms with Crippen molar-refractivity contribution in [2.45, 2.75) is 25.5 Å². The molecular formula is C21H22FN3O. The van der Waals surface area contributed by atoms with Crippen LogP contribution < -0.4 is 0 Å². The van der Waals surface area contributed by atoms with Crippen LogP contribution in [-0.4, -0.2) is 33.3 Å². The van der Waals surface area contributed by atoms with Gasteiger partial charge in [0.25, 0.3) is 0 Å². The van der Waals surface area contributed by atoms with Crippen LogP contribution in [0.15, 0.2) is 54.7 Å². The number of nitrogens with one attached hydrogen (secondary N) is 1. The van der Waals surface area contributed by atoms with E-state index in [1.54, 1.807) is 12.1 Å². The SMILES string of the molecule is Cc1ccccc1[C@@]1(O)CCN(Cc2cn[nH]c2-c2ccc(F)cc2)C1. The molecule has 4 rings (SSSR count). The van der Waals surface area contributed by atoms with E-state index >= 15 is 0 Å². The van der Waals surface area contributed by atoms with E-state index in [-0.39, 0.29) is 5.82 Å². The Hall–Kier alpha value is -2.50. The molecule has 0 radical (unpaired) electrons. The van der Waals surface area contributed by atoms with Crippen LogP contribution in [-0.2, 0) is 12.1 Å². The van der Waals surface area contributed by atoms with Crippen LogP contribution >= 0.6 is 0 Å². The maximum Gasteiger partial charge on any atom is 0.123 e. The maximum atomic E-state index is 13.2. The highest BCUT2D eigenvalue weighted by Crippen LogP contribution is 2.35. The van der Waals surface area contributed by atoms with Crippen LogP contribution in [0.3, 0.4) is 0 Å². The second kappa shape index (κ2) is 6.67. The normalized spacial score (nSPS) is 20.6. The van der Waals surface area contributed by atoms with Gasteiger partial charge in [-0.15, -0.1) is 0 Å². The molecule has 26 heavy (non-hydrogen) atoms. The highest BCUT2D eigenvalue weighted by atomic mass is 19.1. The summed E-state index contributed by atoms with van der Waals surface area (Å²) in [6, 6.07) is 14.4. The molecule has 1 atom stereocenters. The summed E-state index contributed by atoms with van der Waals surface area (Å²) >= 11 is 0. The molecular weight excluding hydrogens is 329 g/mol. The molecule has 0 unspecified atom stereocenters. The third-order valence-corrected chi connectivity index (χ3v) is 5.22. The van der Waals surface area contributed by atoms with E-state index in [0.717, 1.165) is 34.5 Å². The molecule has 0 aliphatic carbocycles. The van der Waals surface area contributed by atoms with Gasteiger partial charge in [-0.3, -0.25) is 10.00 Å². The Morgan fingerprint density at radius 1 is 1.19 bits per heavy atom. The number of aromatic nitrogens is 2. The molecule has 0 spiro atoms. The summed E-state index contributed by atoms with van der Waals surface area (Å²) in [6.07, 6.45) is 2.52. The fourth-order valence-corrected chi connectivity index (χ4v) is 3.86. The number of rotatable bonds is 4. The summed E-state index contributed by atoms with van der Waals surface area (Å²) in [5, 5.41) is 18.3. The summed E-state index contributed by atoms with van der Waals surface area (Å²) in [5.41, 5.74) is 4.17. The van der Waals surface area contributed by atoms with Crippen molar-refractivity contribution in [3.05, 3.63) is 77.2 Å². The van der Waals surface area contributed by atoms with Crippen molar-refractivity contribution < 1.29 is 9.50 Å². The van der Waals surface area contributed by atoms with E-state index in [2.05, 4.69) is 15.1 Å². The first-order valence-electron chi connectivity index (χ1n) is 8.84. The zero-order chi connectivity index (χ0) is 18.1. The second-order valence-corrected chi connectivity index (χ2v) is 7.08. The van der Waals surface area contributed by atoms with Crippen molar-refractivity contribution in [1.29, 1.82) is 0 Å². The lowest BCUT2D eigenvalue weighted by Crippen LogP contribution is -2.31. The van der Waals surface area contributed by atoms with Crippen LogP contribution in [0.5, 0.6) is 0 Å². The number of hydrogen-bond acceptors (Lipinski definition) is 3. The highest BCUT2D eigenvalue weighted by Gasteiger charge is 2.38. The summed E-state index contributed by atoms with van der Waals surface area (Å²) in [4.78, 5) is 2.24. The van der Waals surface area contributed by atoms with Crippen LogP contribution in [0.2, 0.25) is 0 Å². The molecule has 0 saturated carbocycles. The van der Waals surface area contributed by atoms with Gasteiger partial charge >= 0.3 is 0 Å². The Labute approximate surface area is 152 Å². The molecule has 0 amide bonds. The number of H-pyrrole nitrogens is 1. The van der Waals surface area contributed by atoms with E-state index in [4.69, 9.17) is 0 Å². The number of aliphatic hydroxyl groups is 1. The third-order valence-electron chi connectivity index (χ3n) is 5.22. The van der Waals surface area contributed by atoms with E-state index in [1.165, 1.54) is 12.1 Å². The monoisotopic (exact) mass is 351 g/mol. The molecule has 5 heteroatoms. The van der Waals surface area contributed by atoms with Gasteiger partial charge in [-0.2, -0.15) is 5.10 Å². The number of halogens is 1. The van der Waals surface area contributed by atoms with Crippen molar-refractivity contribution in [3.8, 4) is 11.3 Å². The summed E-state index contributed by atoms with van der Waals surface area (Å²) in [5.74, 6) is -0.252. The van der Waals surface area contributed by atoms with E-state index in [0.29, 0.717) is 19.5 Å². The molecule has 4 nitrogen and oxygen atoms in total. The molecule has 0 bridgehead atoms. The fraction of sp³-hybridized carbons (Fsp3) is 0.286. The van der Waals surface area contributed by atoms with Crippen molar-refractivity contribution in [2.75, 3.05) is 13.1 Å². The second-order valence-electron chi connectivity index (χ2n) is 7.08. The van der Waals surface area contributed by atoms with Crippen molar-refractivity contribution >= 4 is 0 Å². The van der Waals surface area contributed by atoms with Gasteiger partial charge in [-0.25, -0.2) is 4.39 Å². The number of nitrogens with zero attached hydrogens (tertiary/aromatic N) is 2. The minimum atomic E-state index is -0.814. The smallest absolute Gasteiger partial charge is 0.123 e. The lowest BCUT2D eigenvalue weighted by Gasteiger charge is -2.25. The van der Waals surface area contributed by atoms with Crippen molar-refractivity contribution in [2.24, 2.45) is 0 Å². The first-order chi connectivity index (χ1) is 12.5. The predicted molar refractivity (Wildman–Crippen MR) is 99.0 cm³/mol. The molecule has 1 aliphatic heterocycles. The van der Waals surface area contributed by atoms with Gasteiger partial charge in [0.2, 0.25) is 0 Å². The Balaban J connectivity index is 1.53. The number of hydrogen-bond donors (Lipinski definition) is 2. The third kappa shape index (κ3) is 3.16. The van der Waals surface area contributed by atoms with E-state index in [1.807, 2.05) is 37.4 Å². The summed E-state index contributed by atoms with van der Waals surface area (Å²) < 4.78 is 13.2. The zero-order valence-corrected chi connectivity index (χ0v) is 14.7. The number of β-amino-alcohol motifs (C(OH)–C–C–N with tert-alkyl or cyclic N) is 1. The van der Waals surface area contributed by atoms with Gasteiger partial charge < -0.3 is 5.11 Å². The van der Waals surface area contributed by atoms with Crippen molar-refractivity contribution in [1.82, 2.24) is 15.1 Å². The number of benzene rings is 2. The molecule has 1 aromatic heterocycles. The standard InChI is InChI=1S/C21H22FN3O/c1-15-4-2-3-5-19(15)21(26)10-11-25(14-21)13-17-12-23-24-20(17)16-6-8-18(22)9-7-16/h2-9,12,26H,10-11,13-14H2,1H3,(H,23,24)/t21-/m1/s1. The van der Waals surface area contributed by atoms with Gasteiger partial charge in [-0.05, 0) is 48.7 Å². The zero-order valence-electron chi connectivity index (χ0n) is 14.7. The molecule has 1 saturated heterocycles. The van der Waals surface area contributed by atoms with Gasteiger partial charge in [0.1, 0.15) is 11.4 Å². The van der Waals surface area contributed by atoms with E-state index < -0.39 is 5.60 Å². The number of aryl methyl sites for hydroxylation is 1. The highest BCUT2D eigenvalue weighted by molar-refractivity contribution is 5.62. The predicted octanol–water partition coefficient (Wildman–Crippen LogP) is 3.62. The lowest BCUT2D eigenvalue weighted by molar-refractivity contribution is 0.0447. The number of aromatic amines is 1. The van der Waals surface area contributed by atoms with Crippen LogP contribution in [0.25, 0.3) is 11.3 Å². The average Bonchev–Trinajstić information content (AvgIpc) is 3.24. The topological polar surface area (TPSA) is 52.1 Å². The van der Waals surface area contributed by atoms with Gasteiger partial charge in [0, 0.05) is 30.8 Å². The van der Waals surface area contributed by atoms with Crippen LogP contribution in [0.1, 0.15) is 23.1 Å². The first-order valence-corrected chi connectivity index (χ1v) is 8.84. The van der Waals surface area contributed by atoms with Crippen LogP contribution in [0.4, 0.5) is 4.39 Å². The molecule has 1 fully saturated rings. The largest absolute Gasteiger partial charge is 0.384 e. The van der Waals surface area contributed by atoms with Gasteiger partial charge in [0.15, 0.2) is 0 Å². The van der Waals surface area contributed by atoms with Crippen molar-refractivity contribution in [3.63, 3.8) is 0 Å². The van der Waals surface area contributed by atoms with Crippen LogP contribution in [0, 0.1) is 12.7 Å². The Bertz CT molecular complexity index is 906. The quantitative estimate of drug-likeness (QED) is 0.755. The molecule has 134 valence electrons. The molecule has 3 aromatic rings. The molecule has 2 heterocycles. The van der Waals surface area contributed by atoms with Gasteiger partial charge in [0.05, 0.1) is 11.9 Å². The molecule has 2 aromatic carbocycles.